The predicted molar refractivity (Wildman–Crippen MR) is 112 cm³/mol. The zero-order valence-corrected chi connectivity index (χ0v) is 17.8. The lowest BCUT2D eigenvalue weighted by molar-refractivity contribution is -0.138. The molecule has 0 aromatic heterocycles. The highest BCUT2D eigenvalue weighted by atomic mass is 16.2. The number of piperidine rings is 1. The van der Waals surface area contributed by atoms with Crippen LogP contribution in [-0.4, -0.2) is 75.9 Å². The van der Waals surface area contributed by atoms with Crippen molar-refractivity contribution in [3.63, 3.8) is 0 Å². The summed E-state index contributed by atoms with van der Waals surface area (Å²) < 4.78 is 0. The summed E-state index contributed by atoms with van der Waals surface area (Å²) in [4.78, 5) is 38.9. The van der Waals surface area contributed by atoms with Crippen LogP contribution in [0.2, 0.25) is 0 Å². The first-order chi connectivity index (χ1) is 13.9. The molecule has 1 aromatic carbocycles. The first-order valence-electron chi connectivity index (χ1n) is 10.6. The summed E-state index contributed by atoms with van der Waals surface area (Å²) in [5.41, 5.74) is 0.946. The van der Waals surface area contributed by atoms with E-state index in [2.05, 4.69) is 30.6 Å². The number of likely N-dealkylation sites (tertiary alicyclic amines) is 1. The van der Waals surface area contributed by atoms with Gasteiger partial charge in [-0.1, -0.05) is 37.3 Å². The molecular formula is C22H31N5O2. The fraction of sp³-hybridized carbons (Fsp3) is 0.591. The number of urea groups is 1. The first kappa shape index (κ1) is 19.7. The highest BCUT2D eigenvalue weighted by Gasteiger charge is 2.53. The molecular weight excluding hydrogens is 366 g/mol. The molecule has 2 saturated heterocycles. The molecule has 2 unspecified atom stereocenters. The molecule has 3 heterocycles. The molecule has 2 atom stereocenters. The number of carbonyl (C=O) groups is 2. The van der Waals surface area contributed by atoms with E-state index in [0.29, 0.717) is 0 Å². The Morgan fingerprint density at radius 3 is 2.38 bits per heavy atom. The Morgan fingerprint density at radius 2 is 1.76 bits per heavy atom. The summed E-state index contributed by atoms with van der Waals surface area (Å²) in [6.07, 6.45) is 1.80. The number of carbonyl (C=O) groups excluding carboxylic acids is 2. The predicted octanol–water partition coefficient (Wildman–Crippen LogP) is 2.59. The number of rotatable bonds is 3. The van der Waals surface area contributed by atoms with Crippen LogP contribution in [0.25, 0.3) is 0 Å². The van der Waals surface area contributed by atoms with Gasteiger partial charge in [-0.3, -0.25) is 9.69 Å². The molecule has 4 rings (SSSR count). The second kappa shape index (κ2) is 7.69. The Morgan fingerprint density at radius 1 is 1.10 bits per heavy atom. The molecule has 156 valence electrons. The Bertz CT molecular complexity index is 801. The molecule has 7 nitrogen and oxygen atoms in total. The normalized spacial score (nSPS) is 25.8. The monoisotopic (exact) mass is 397 g/mol. The van der Waals surface area contributed by atoms with Crippen LogP contribution < -0.4 is 0 Å². The van der Waals surface area contributed by atoms with Crippen molar-refractivity contribution in [2.75, 3.05) is 20.1 Å². The van der Waals surface area contributed by atoms with E-state index in [1.807, 2.05) is 30.3 Å². The minimum Gasteiger partial charge on any atom is -0.343 e. The van der Waals surface area contributed by atoms with Gasteiger partial charge >= 0.3 is 6.03 Å². The van der Waals surface area contributed by atoms with Gasteiger partial charge in [0.2, 0.25) is 0 Å². The maximum atomic E-state index is 13.5. The van der Waals surface area contributed by atoms with Gasteiger partial charge in [0.1, 0.15) is 0 Å². The van der Waals surface area contributed by atoms with Crippen LogP contribution in [0.1, 0.15) is 39.2 Å². The number of amides is 3. The van der Waals surface area contributed by atoms with Crippen LogP contribution in [-0.2, 0) is 11.3 Å². The molecule has 0 N–H and O–H groups in total. The second-order valence-electron chi connectivity index (χ2n) is 8.76. The van der Waals surface area contributed by atoms with Gasteiger partial charge < -0.3 is 14.7 Å². The number of aliphatic imine (C=N–C) groups is 1. The number of nitrogens with zero attached hydrogens (tertiary/aromatic N) is 5. The minimum absolute atomic E-state index is 0.118. The van der Waals surface area contributed by atoms with Crippen LogP contribution in [0.3, 0.4) is 0 Å². The van der Waals surface area contributed by atoms with E-state index < -0.39 is 12.2 Å². The lowest BCUT2D eigenvalue weighted by Gasteiger charge is -2.44. The maximum Gasteiger partial charge on any atom is 0.328 e. The van der Waals surface area contributed by atoms with E-state index in [1.54, 1.807) is 11.9 Å². The number of likely N-dealkylation sites (N-methyl/N-ethyl adjacent to an activating group) is 1. The summed E-state index contributed by atoms with van der Waals surface area (Å²) in [6.45, 7) is 8.65. The molecule has 1 aromatic rings. The Balaban J connectivity index is 1.63. The van der Waals surface area contributed by atoms with Crippen molar-refractivity contribution in [3.05, 3.63) is 35.9 Å². The van der Waals surface area contributed by atoms with Crippen LogP contribution >= 0.6 is 0 Å². The van der Waals surface area contributed by atoms with Crippen LogP contribution in [0.5, 0.6) is 0 Å². The third-order valence-corrected chi connectivity index (χ3v) is 6.32. The fourth-order valence-corrected chi connectivity index (χ4v) is 4.54. The second-order valence-corrected chi connectivity index (χ2v) is 8.76. The van der Waals surface area contributed by atoms with E-state index in [4.69, 9.17) is 4.99 Å². The molecule has 29 heavy (non-hydrogen) atoms. The van der Waals surface area contributed by atoms with Crippen molar-refractivity contribution >= 4 is 17.9 Å². The van der Waals surface area contributed by atoms with Crippen molar-refractivity contribution in [2.24, 2.45) is 10.9 Å². The van der Waals surface area contributed by atoms with Gasteiger partial charge in [-0.25, -0.2) is 9.79 Å². The lowest BCUT2D eigenvalue weighted by atomic mass is 9.99. The Labute approximate surface area is 173 Å². The summed E-state index contributed by atoms with van der Waals surface area (Å²) in [5, 5.41) is 0. The van der Waals surface area contributed by atoms with Gasteiger partial charge in [-0.15, -0.1) is 0 Å². The Hall–Kier alpha value is -2.57. The van der Waals surface area contributed by atoms with E-state index in [-0.39, 0.29) is 24.5 Å². The first-order valence-corrected chi connectivity index (χ1v) is 10.6. The summed E-state index contributed by atoms with van der Waals surface area (Å²) >= 11 is 0. The quantitative estimate of drug-likeness (QED) is 0.787. The van der Waals surface area contributed by atoms with E-state index >= 15 is 0 Å². The SMILES string of the molecule is CC1CCN(C2=NC3C(C(=O)N(Cc4ccccc4)C(=O)N3C)N2C(C)C)CC1. The average molecular weight is 398 g/mol. The fourth-order valence-electron chi connectivity index (χ4n) is 4.54. The molecule has 0 radical (unpaired) electrons. The molecule has 7 heteroatoms. The topological polar surface area (TPSA) is 59.5 Å². The molecule has 0 bridgehead atoms. The van der Waals surface area contributed by atoms with Crippen LogP contribution in [0.4, 0.5) is 4.79 Å². The molecule has 2 fully saturated rings. The molecule has 0 saturated carbocycles. The number of hydrogen-bond acceptors (Lipinski definition) is 5. The maximum absolute atomic E-state index is 13.5. The van der Waals surface area contributed by atoms with Crippen LogP contribution in [0.15, 0.2) is 35.3 Å². The number of hydrogen-bond donors (Lipinski definition) is 0. The number of guanidine groups is 1. The van der Waals surface area contributed by atoms with E-state index in [9.17, 15) is 9.59 Å². The van der Waals surface area contributed by atoms with Crippen molar-refractivity contribution in [1.82, 2.24) is 19.6 Å². The standard InChI is InChI=1S/C22H31N5O2/c1-15(2)27-18-19(23-21(27)25-12-10-16(3)11-13-25)24(4)22(29)26(20(18)28)14-17-8-6-5-7-9-17/h5-9,15-16,18-19H,10-14H2,1-4H3. The molecule has 3 aliphatic heterocycles. The molecule has 0 spiro atoms. The van der Waals surface area contributed by atoms with E-state index in [1.165, 1.54) is 4.90 Å². The van der Waals surface area contributed by atoms with Gasteiger partial charge in [-0.05, 0) is 38.2 Å². The smallest absolute Gasteiger partial charge is 0.328 e. The van der Waals surface area contributed by atoms with Crippen molar-refractivity contribution in [1.29, 1.82) is 0 Å². The lowest BCUT2D eigenvalue weighted by Crippen LogP contribution is -2.66. The number of imide groups is 1. The zero-order chi connectivity index (χ0) is 20.7. The average Bonchev–Trinajstić information content (AvgIpc) is 3.12. The summed E-state index contributed by atoms with van der Waals surface area (Å²) in [5.74, 6) is 1.44. The zero-order valence-electron chi connectivity index (χ0n) is 17.8. The third kappa shape index (κ3) is 3.47. The van der Waals surface area contributed by atoms with Gasteiger partial charge in [0.15, 0.2) is 18.2 Å². The summed E-state index contributed by atoms with van der Waals surface area (Å²) in [6, 6.07) is 9.05. The molecule has 3 amide bonds. The van der Waals surface area contributed by atoms with Gasteiger partial charge in [0, 0.05) is 26.2 Å². The highest BCUT2D eigenvalue weighted by Crippen LogP contribution is 2.32. The highest BCUT2D eigenvalue weighted by molar-refractivity contribution is 6.03. The molecule has 3 aliphatic rings. The van der Waals surface area contributed by atoms with Gasteiger partial charge in [-0.2, -0.15) is 0 Å². The van der Waals surface area contributed by atoms with Gasteiger partial charge in [0.25, 0.3) is 5.91 Å². The van der Waals surface area contributed by atoms with Crippen molar-refractivity contribution < 1.29 is 9.59 Å². The van der Waals surface area contributed by atoms with Gasteiger partial charge in [0.05, 0.1) is 6.54 Å². The summed E-state index contributed by atoms with van der Waals surface area (Å²) in [7, 11) is 1.76. The largest absolute Gasteiger partial charge is 0.343 e. The number of benzene rings is 1. The van der Waals surface area contributed by atoms with Crippen molar-refractivity contribution in [3.8, 4) is 0 Å². The number of fused-ring (bicyclic) bond motifs is 1. The Kier molecular flexibility index (Phi) is 5.23. The van der Waals surface area contributed by atoms with Crippen molar-refractivity contribution in [2.45, 2.75) is 58.4 Å². The third-order valence-electron chi connectivity index (χ3n) is 6.32. The van der Waals surface area contributed by atoms with E-state index in [0.717, 1.165) is 43.4 Å². The van der Waals surface area contributed by atoms with Crippen LogP contribution in [0, 0.1) is 5.92 Å². The minimum atomic E-state index is -0.462. The molecule has 0 aliphatic carbocycles.